The molecule has 2 nitrogen and oxygen atoms in total. The van der Waals surface area contributed by atoms with Gasteiger partial charge in [0.05, 0.1) is 0 Å². The number of hydrogen-bond acceptors (Lipinski definition) is 3. The first-order chi connectivity index (χ1) is 3.31. The summed E-state index contributed by atoms with van der Waals surface area (Å²) >= 11 is 1.71. The van der Waals surface area contributed by atoms with Crippen LogP contribution < -0.4 is 5.48 Å². The van der Waals surface area contributed by atoms with Crippen LogP contribution in [-0.2, 0) is 0 Å². The third kappa shape index (κ3) is 4.12. The standard InChI is InChI=1S/C4H11NOS/c1-4(5-6)3-7-2/h4-6H,3H2,1-2H3. The lowest BCUT2D eigenvalue weighted by Crippen LogP contribution is -2.23. The monoisotopic (exact) mass is 121 g/mol. The Morgan fingerprint density at radius 3 is 2.57 bits per heavy atom. The molecule has 0 aromatic carbocycles. The maximum absolute atomic E-state index is 8.20. The molecule has 0 saturated heterocycles. The first kappa shape index (κ1) is 7.27. The second-order valence-electron chi connectivity index (χ2n) is 1.49. The van der Waals surface area contributed by atoms with E-state index in [1.54, 1.807) is 11.8 Å². The molecule has 0 amide bonds. The third-order valence-corrected chi connectivity index (χ3v) is 1.47. The lowest BCUT2D eigenvalue weighted by molar-refractivity contribution is 0.141. The van der Waals surface area contributed by atoms with Crippen molar-refractivity contribution in [1.29, 1.82) is 0 Å². The third-order valence-electron chi connectivity index (χ3n) is 0.637. The zero-order valence-corrected chi connectivity index (χ0v) is 5.46. The molecule has 0 radical (unpaired) electrons. The molecule has 0 spiro atoms. The smallest absolute Gasteiger partial charge is 0.0381 e. The number of hydroxylamine groups is 1. The molecule has 0 aromatic rings. The zero-order chi connectivity index (χ0) is 5.70. The van der Waals surface area contributed by atoms with Gasteiger partial charge in [-0.05, 0) is 13.2 Å². The minimum atomic E-state index is 0.218. The molecule has 0 fully saturated rings. The predicted molar refractivity (Wildman–Crippen MR) is 32.8 cm³/mol. The van der Waals surface area contributed by atoms with Crippen molar-refractivity contribution in [3.8, 4) is 0 Å². The van der Waals surface area contributed by atoms with Crippen molar-refractivity contribution in [2.75, 3.05) is 12.0 Å². The Kier molecular flexibility index (Phi) is 4.60. The quantitative estimate of drug-likeness (QED) is 0.539. The highest BCUT2D eigenvalue weighted by molar-refractivity contribution is 7.98. The molecule has 0 heterocycles. The Morgan fingerprint density at radius 2 is 2.43 bits per heavy atom. The van der Waals surface area contributed by atoms with Gasteiger partial charge in [-0.25, -0.2) is 5.48 Å². The zero-order valence-electron chi connectivity index (χ0n) is 4.64. The van der Waals surface area contributed by atoms with Gasteiger partial charge in [-0.3, -0.25) is 0 Å². The van der Waals surface area contributed by atoms with E-state index in [-0.39, 0.29) is 6.04 Å². The van der Waals surface area contributed by atoms with Gasteiger partial charge in [0, 0.05) is 11.8 Å². The highest BCUT2D eigenvalue weighted by Crippen LogP contribution is 1.93. The topological polar surface area (TPSA) is 32.3 Å². The Morgan fingerprint density at radius 1 is 1.86 bits per heavy atom. The van der Waals surface area contributed by atoms with Crippen LogP contribution in [0.15, 0.2) is 0 Å². The summed E-state index contributed by atoms with van der Waals surface area (Å²) in [5.74, 6) is 0.955. The Hall–Kier alpha value is 0.270. The van der Waals surface area contributed by atoms with Crippen LogP contribution in [-0.4, -0.2) is 23.3 Å². The van der Waals surface area contributed by atoms with E-state index in [1.165, 1.54) is 0 Å². The molecule has 44 valence electrons. The predicted octanol–water partition coefficient (Wildman–Crippen LogP) is 0.717. The van der Waals surface area contributed by atoms with Gasteiger partial charge in [-0.1, -0.05) is 0 Å². The minimum Gasteiger partial charge on any atom is -0.317 e. The molecule has 0 saturated carbocycles. The summed E-state index contributed by atoms with van der Waals surface area (Å²) in [6.07, 6.45) is 2.01. The van der Waals surface area contributed by atoms with Crippen molar-refractivity contribution in [3.63, 3.8) is 0 Å². The van der Waals surface area contributed by atoms with Crippen molar-refractivity contribution < 1.29 is 5.21 Å². The van der Waals surface area contributed by atoms with E-state index in [4.69, 9.17) is 5.21 Å². The second kappa shape index (κ2) is 4.43. The van der Waals surface area contributed by atoms with Crippen LogP contribution in [0.2, 0.25) is 0 Å². The number of rotatable bonds is 3. The molecule has 2 N–H and O–H groups in total. The van der Waals surface area contributed by atoms with Gasteiger partial charge in [0.2, 0.25) is 0 Å². The first-order valence-electron chi connectivity index (χ1n) is 2.19. The summed E-state index contributed by atoms with van der Waals surface area (Å²) in [5, 5.41) is 8.20. The SMILES string of the molecule is CSCC(C)NO. The van der Waals surface area contributed by atoms with Crippen molar-refractivity contribution in [1.82, 2.24) is 5.48 Å². The highest BCUT2D eigenvalue weighted by atomic mass is 32.2. The van der Waals surface area contributed by atoms with E-state index in [1.807, 2.05) is 13.2 Å². The van der Waals surface area contributed by atoms with E-state index in [0.717, 1.165) is 5.75 Å². The summed E-state index contributed by atoms with van der Waals surface area (Å²) in [5.41, 5.74) is 2.14. The Balaban J connectivity index is 2.83. The normalized spacial score (nSPS) is 14.1. The molecule has 3 heteroatoms. The summed E-state index contributed by atoms with van der Waals surface area (Å²) < 4.78 is 0. The molecule has 0 aliphatic heterocycles. The van der Waals surface area contributed by atoms with Crippen LogP contribution in [0.25, 0.3) is 0 Å². The lowest BCUT2D eigenvalue weighted by atomic mass is 10.4. The maximum Gasteiger partial charge on any atom is 0.0381 e. The van der Waals surface area contributed by atoms with Gasteiger partial charge in [0.15, 0.2) is 0 Å². The van der Waals surface area contributed by atoms with Crippen molar-refractivity contribution in [2.24, 2.45) is 0 Å². The largest absolute Gasteiger partial charge is 0.317 e. The van der Waals surface area contributed by atoms with Crippen LogP contribution in [0, 0.1) is 0 Å². The van der Waals surface area contributed by atoms with Crippen LogP contribution in [0.4, 0.5) is 0 Å². The molecule has 0 bridgehead atoms. The van der Waals surface area contributed by atoms with Crippen molar-refractivity contribution in [3.05, 3.63) is 0 Å². The Labute approximate surface area is 48.3 Å². The van der Waals surface area contributed by atoms with Gasteiger partial charge in [0.1, 0.15) is 0 Å². The van der Waals surface area contributed by atoms with Crippen LogP contribution in [0.3, 0.4) is 0 Å². The molecule has 1 unspecified atom stereocenters. The van der Waals surface area contributed by atoms with E-state index in [0.29, 0.717) is 0 Å². The van der Waals surface area contributed by atoms with E-state index >= 15 is 0 Å². The first-order valence-corrected chi connectivity index (χ1v) is 3.59. The van der Waals surface area contributed by atoms with Gasteiger partial charge in [-0.2, -0.15) is 11.8 Å². The van der Waals surface area contributed by atoms with Crippen molar-refractivity contribution in [2.45, 2.75) is 13.0 Å². The lowest BCUT2D eigenvalue weighted by Gasteiger charge is -2.03. The van der Waals surface area contributed by atoms with Gasteiger partial charge in [-0.15, -0.1) is 0 Å². The molecule has 0 aliphatic carbocycles. The molecule has 1 atom stereocenters. The van der Waals surface area contributed by atoms with Crippen molar-refractivity contribution >= 4 is 11.8 Å². The summed E-state index contributed by atoms with van der Waals surface area (Å²) in [6.45, 7) is 1.93. The summed E-state index contributed by atoms with van der Waals surface area (Å²) in [4.78, 5) is 0. The highest BCUT2D eigenvalue weighted by Gasteiger charge is 1.93. The molecule has 0 aromatic heterocycles. The number of nitrogens with one attached hydrogen (secondary N) is 1. The van der Waals surface area contributed by atoms with Gasteiger partial charge < -0.3 is 5.21 Å². The van der Waals surface area contributed by atoms with Gasteiger partial charge in [0.25, 0.3) is 0 Å². The molecule has 7 heavy (non-hydrogen) atoms. The van der Waals surface area contributed by atoms with E-state index in [2.05, 4.69) is 5.48 Å². The molecule has 0 rings (SSSR count). The van der Waals surface area contributed by atoms with E-state index in [9.17, 15) is 0 Å². The summed E-state index contributed by atoms with van der Waals surface area (Å²) in [7, 11) is 0. The maximum atomic E-state index is 8.20. The second-order valence-corrected chi connectivity index (χ2v) is 2.40. The fourth-order valence-electron chi connectivity index (χ4n) is 0.287. The molecule has 0 aliphatic rings. The van der Waals surface area contributed by atoms with Crippen LogP contribution >= 0.6 is 11.8 Å². The minimum absolute atomic E-state index is 0.218. The number of hydrogen-bond donors (Lipinski definition) is 2. The Bertz CT molecular complexity index is 42.7. The van der Waals surface area contributed by atoms with Crippen LogP contribution in [0.5, 0.6) is 0 Å². The number of thioether (sulfide) groups is 1. The fourth-order valence-corrected chi connectivity index (χ4v) is 0.862. The molecular formula is C4H11NOS. The average Bonchev–Trinajstić information content (AvgIpc) is 1.68. The molecular weight excluding hydrogens is 110 g/mol. The van der Waals surface area contributed by atoms with E-state index < -0.39 is 0 Å². The summed E-state index contributed by atoms with van der Waals surface area (Å²) in [6, 6.07) is 0.218. The fraction of sp³-hybridized carbons (Fsp3) is 1.00. The average molecular weight is 121 g/mol. The van der Waals surface area contributed by atoms with Crippen LogP contribution in [0.1, 0.15) is 6.92 Å². The van der Waals surface area contributed by atoms with Gasteiger partial charge >= 0.3 is 0 Å².